The molecule has 6 aromatic rings. The highest BCUT2D eigenvalue weighted by Crippen LogP contribution is 2.53. The van der Waals surface area contributed by atoms with E-state index in [-0.39, 0.29) is 57.0 Å². The van der Waals surface area contributed by atoms with Crippen molar-refractivity contribution in [3.8, 4) is 17.2 Å². The van der Waals surface area contributed by atoms with Gasteiger partial charge in [-0.05, 0) is 123 Å². The molecule has 5 heterocycles. The van der Waals surface area contributed by atoms with E-state index < -0.39 is 49.2 Å². The lowest BCUT2D eigenvalue weighted by atomic mass is 9.59. The fourth-order valence-electron chi connectivity index (χ4n) is 11.9. The van der Waals surface area contributed by atoms with Crippen LogP contribution >= 0.6 is 0 Å². The van der Waals surface area contributed by atoms with Crippen molar-refractivity contribution < 1.29 is 50.3 Å². The van der Waals surface area contributed by atoms with Crippen molar-refractivity contribution in [2.45, 2.75) is 114 Å². The van der Waals surface area contributed by atoms with Gasteiger partial charge in [0.05, 0.1) is 33.9 Å². The van der Waals surface area contributed by atoms with E-state index in [9.17, 15) is 46.0 Å². The number of carbonyl (C=O) groups is 1. The van der Waals surface area contributed by atoms with Crippen molar-refractivity contribution in [2.24, 2.45) is 11.3 Å². The molecule has 2 aliphatic carbocycles. The van der Waals surface area contributed by atoms with Crippen LogP contribution in [0.5, 0.6) is 17.2 Å². The Balaban J connectivity index is 0.830. The predicted molar refractivity (Wildman–Crippen MR) is 284 cm³/mol. The maximum Gasteiger partial charge on any atom is 0.573 e. The molecule has 1 atom stereocenters. The molecule has 3 aromatic carbocycles. The Hall–Kier alpha value is -6.88. The molecule has 17 nitrogen and oxygen atoms in total. The Bertz CT molecular complexity index is 3280. The van der Waals surface area contributed by atoms with Crippen LogP contribution in [0.2, 0.25) is 0 Å². The van der Waals surface area contributed by atoms with Gasteiger partial charge in [0.15, 0.2) is 0 Å². The Kier molecular flexibility index (Phi) is 15.2. The fraction of sp³-hybridized carbons (Fsp3) is 0.446. The number of pyridine rings is 2. The number of hydrogen-bond donors (Lipinski definition) is 4. The molecule has 22 heteroatoms. The summed E-state index contributed by atoms with van der Waals surface area (Å²) in [5.41, 5.74) is 3.03. The molecule has 2 saturated heterocycles. The first-order valence-electron chi connectivity index (χ1n) is 26.4. The Morgan fingerprint density at radius 3 is 2.38 bits per heavy atom. The summed E-state index contributed by atoms with van der Waals surface area (Å²) >= 11 is 0. The van der Waals surface area contributed by atoms with Gasteiger partial charge in [0.25, 0.3) is 15.9 Å². The molecule has 2 saturated carbocycles. The van der Waals surface area contributed by atoms with E-state index in [1.165, 1.54) is 41.6 Å². The first kappa shape index (κ1) is 54.5. The van der Waals surface area contributed by atoms with E-state index in [1.54, 1.807) is 31.2 Å². The molecular weight excluding hydrogens is 1030 g/mol. The van der Waals surface area contributed by atoms with Gasteiger partial charge < -0.3 is 29.8 Å². The van der Waals surface area contributed by atoms with Crippen molar-refractivity contribution in [1.29, 1.82) is 0 Å². The lowest BCUT2D eigenvalue weighted by molar-refractivity contribution is -0.384. The van der Waals surface area contributed by atoms with Crippen LogP contribution in [0.3, 0.4) is 0 Å². The largest absolute Gasteiger partial charge is 0.573 e. The lowest BCUT2D eigenvalue weighted by Gasteiger charge is -2.58. The zero-order chi connectivity index (χ0) is 55.1. The number of nitrogens with zero attached hydrogens (tertiary/aromatic N) is 6. The van der Waals surface area contributed by atoms with Crippen molar-refractivity contribution in [3.05, 3.63) is 136 Å². The number of H-pyrrole nitrogens is 1. The van der Waals surface area contributed by atoms with Gasteiger partial charge in [0, 0.05) is 81.9 Å². The third-order valence-electron chi connectivity index (χ3n) is 16.3. The summed E-state index contributed by atoms with van der Waals surface area (Å²) in [6.07, 6.45) is 5.07. The fourth-order valence-corrected chi connectivity index (χ4v) is 12.8. The number of ether oxygens (including phenoxy) is 2. The van der Waals surface area contributed by atoms with Gasteiger partial charge in [0.2, 0.25) is 5.82 Å². The molecule has 3 aromatic heterocycles. The molecule has 4 fully saturated rings. The topological polar surface area (TPSA) is 208 Å². The highest BCUT2D eigenvalue weighted by molar-refractivity contribution is 7.90. The molecule has 4 N–H and O–H groups in total. The number of aromatic amines is 1. The van der Waals surface area contributed by atoms with Crippen molar-refractivity contribution in [3.63, 3.8) is 0 Å². The summed E-state index contributed by atoms with van der Waals surface area (Å²) in [7, 11) is -4.74. The average Bonchev–Trinajstić information content (AvgIpc) is 3.79. The molecular formula is C56H63F4N9O8S. The van der Waals surface area contributed by atoms with Gasteiger partial charge >= 0.3 is 12.0 Å². The Labute approximate surface area is 449 Å². The maximum absolute atomic E-state index is 14.7. The highest BCUT2D eigenvalue weighted by atomic mass is 32.2. The number of carbonyl (C=O) groups excluding carboxylic acids is 1. The molecule has 10 rings (SSSR count). The standard InChI is InChI=1S/C56H63F4N9O8S/c1-35(2)43-6-4-5-7-44(43)49-34-66(33-37-8-11-40(12-9-37)77-56(58,59)60)22-23-68(49)39-27-55(28-39)18-20-67(21-19-55)38-10-13-45(50(24-38)76-41-25-46-47(57)32-64-51(46)62-30-41)53(70)65-78(74,75)42-26-48(69(72)73)52(63-31-42)61-29-36-14-16-54(3,71)17-15-36/h4-13,24-26,30-32,35-36,39,49,71H,14-23,27-29,33-34H2,1-3H3,(H,61,63)(H,62,64)(H,65,70)/t36?,49-,54?/m0/s1. The summed E-state index contributed by atoms with van der Waals surface area (Å²) in [6.45, 7) is 10.9. The highest BCUT2D eigenvalue weighted by Gasteiger charge is 2.50. The number of nitro groups is 1. The number of hydrogen-bond acceptors (Lipinski definition) is 14. The Morgan fingerprint density at radius 1 is 0.949 bits per heavy atom. The molecule has 1 spiro atoms. The van der Waals surface area contributed by atoms with Gasteiger partial charge in [0.1, 0.15) is 33.6 Å². The van der Waals surface area contributed by atoms with E-state index in [0.29, 0.717) is 69.5 Å². The number of anilines is 2. The number of benzene rings is 3. The Morgan fingerprint density at radius 2 is 1.68 bits per heavy atom. The van der Waals surface area contributed by atoms with E-state index in [4.69, 9.17) is 4.74 Å². The lowest BCUT2D eigenvalue weighted by Crippen LogP contribution is -2.60. The zero-order valence-corrected chi connectivity index (χ0v) is 44.4. The number of piperidine rings is 1. The van der Waals surface area contributed by atoms with Crippen molar-refractivity contribution in [1.82, 2.24) is 29.5 Å². The monoisotopic (exact) mass is 1100 g/mol. The second-order valence-corrected chi connectivity index (χ2v) is 23.7. The second kappa shape index (κ2) is 21.7. The van der Waals surface area contributed by atoms with Crippen LogP contribution in [0.4, 0.5) is 34.8 Å². The quantitative estimate of drug-likeness (QED) is 0.0404. The van der Waals surface area contributed by atoms with Crippen molar-refractivity contribution >= 4 is 44.2 Å². The number of piperazine rings is 1. The van der Waals surface area contributed by atoms with Crippen LogP contribution in [-0.4, -0.2) is 106 Å². The zero-order valence-electron chi connectivity index (χ0n) is 43.6. The normalized spacial score (nSPS) is 21.4. The summed E-state index contributed by atoms with van der Waals surface area (Å²) in [5.74, 6) is -1.56. The van der Waals surface area contributed by atoms with Crippen LogP contribution in [0.15, 0.2) is 102 Å². The number of rotatable bonds is 16. The number of aliphatic hydroxyl groups is 1. The number of nitrogens with one attached hydrogen (secondary N) is 3. The van der Waals surface area contributed by atoms with Crippen molar-refractivity contribution in [2.75, 3.05) is 49.5 Å². The van der Waals surface area contributed by atoms with Crippen LogP contribution < -0.4 is 24.4 Å². The van der Waals surface area contributed by atoms with Gasteiger partial charge in [-0.2, -0.15) is 0 Å². The maximum atomic E-state index is 14.7. The average molecular weight is 1100 g/mol. The molecule has 414 valence electrons. The number of alkyl halides is 3. The number of fused-ring (bicyclic) bond motifs is 1. The summed E-state index contributed by atoms with van der Waals surface area (Å²) in [5, 5.41) is 25.6. The molecule has 78 heavy (non-hydrogen) atoms. The minimum Gasteiger partial charge on any atom is -0.455 e. The second-order valence-electron chi connectivity index (χ2n) is 22.1. The van der Waals surface area contributed by atoms with E-state index in [1.807, 2.05) is 4.72 Å². The molecule has 0 bridgehead atoms. The minimum absolute atomic E-state index is 0.0338. The summed E-state index contributed by atoms with van der Waals surface area (Å²) in [4.78, 5) is 43.2. The van der Waals surface area contributed by atoms with Gasteiger partial charge in [-0.3, -0.25) is 24.7 Å². The molecule has 0 unspecified atom stereocenters. The molecule has 2 aliphatic heterocycles. The van der Waals surface area contributed by atoms with E-state index in [2.05, 4.69) is 77.8 Å². The van der Waals surface area contributed by atoms with Crippen LogP contribution in [0.1, 0.15) is 111 Å². The van der Waals surface area contributed by atoms with Crippen LogP contribution in [0.25, 0.3) is 11.0 Å². The van der Waals surface area contributed by atoms with E-state index in [0.717, 1.165) is 69.3 Å². The first-order chi connectivity index (χ1) is 37.1. The first-order valence-corrected chi connectivity index (χ1v) is 27.9. The SMILES string of the molecule is CC(C)c1ccccc1[C@@H]1CN(Cc2ccc(OC(F)(F)F)cc2)CCN1C1CC2(CCN(c3ccc(C(=O)NS(=O)(=O)c4cnc(NCC5CCC(C)(O)CC5)c([N+](=O)[O-])c4)c(Oc4cnc5[nH]cc(F)c5c4)c3)CC2)C1. The number of halogens is 4. The predicted octanol–water partition coefficient (Wildman–Crippen LogP) is 10.6. The van der Waals surface area contributed by atoms with Gasteiger partial charge in [-0.15, -0.1) is 13.2 Å². The van der Waals surface area contributed by atoms with Gasteiger partial charge in [-0.1, -0.05) is 50.2 Å². The third kappa shape index (κ3) is 12.2. The number of sulfonamides is 1. The summed E-state index contributed by atoms with van der Waals surface area (Å²) in [6, 6.07) is 22.2. The summed E-state index contributed by atoms with van der Waals surface area (Å²) < 4.78 is 93.3. The molecule has 1 amide bonds. The third-order valence-corrected chi connectivity index (χ3v) is 17.5. The van der Waals surface area contributed by atoms with Gasteiger partial charge in [-0.25, -0.2) is 27.5 Å². The minimum atomic E-state index is -4.76. The smallest absolute Gasteiger partial charge is 0.455 e. The van der Waals surface area contributed by atoms with Crippen LogP contribution in [0, 0.1) is 27.3 Å². The molecule has 0 radical (unpaired) electrons. The number of amides is 1. The molecule has 4 aliphatic rings. The number of aromatic nitrogens is 3. The van der Waals surface area contributed by atoms with E-state index >= 15 is 0 Å². The van der Waals surface area contributed by atoms with Crippen LogP contribution in [-0.2, 0) is 16.6 Å².